The molecule has 2 atom stereocenters. The summed E-state index contributed by atoms with van der Waals surface area (Å²) in [7, 11) is -3.43. The van der Waals surface area contributed by atoms with Crippen LogP contribution in [0, 0.1) is 0 Å². The van der Waals surface area contributed by atoms with Gasteiger partial charge in [0, 0.05) is 13.1 Å². The van der Waals surface area contributed by atoms with E-state index in [4.69, 9.17) is 16.3 Å². The van der Waals surface area contributed by atoms with Crippen LogP contribution in [0.2, 0.25) is 5.02 Å². The van der Waals surface area contributed by atoms with E-state index in [0.29, 0.717) is 26.1 Å². The Hall–Kier alpha value is 0.340. The molecule has 2 aliphatic heterocycles. The van der Waals surface area contributed by atoms with Gasteiger partial charge in [-0.3, -0.25) is 0 Å². The van der Waals surface area contributed by atoms with E-state index in [1.165, 1.54) is 10.4 Å². The number of fused-ring (bicyclic) bond motifs is 2. The second-order valence-electron chi connectivity index (χ2n) is 4.47. The van der Waals surface area contributed by atoms with Crippen LogP contribution in [0.1, 0.15) is 12.8 Å². The molecule has 0 N–H and O–H groups in total. The minimum absolute atomic E-state index is 0.0531. The number of nitrogens with zero attached hydrogens (tertiary/aromatic N) is 1. The Labute approximate surface area is 123 Å². The van der Waals surface area contributed by atoms with E-state index in [1.54, 1.807) is 0 Å². The zero-order valence-electron chi connectivity index (χ0n) is 9.30. The molecule has 2 unspecified atom stereocenters. The smallest absolute Gasteiger partial charge is 0.252 e. The third kappa shape index (κ3) is 2.25. The lowest BCUT2D eigenvalue weighted by atomic mass is 10.2. The van der Waals surface area contributed by atoms with E-state index >= 15 is 0 Å². The summed E-state index contributed by atoms with van der Waals surface area (Å²) in [5, 5.41) is 0.440. The number of hydrogen-bond acceptors (Lipinski definition) is 4. The Kier molecular flexibility index (Phi) is 3.49. The average Bonchev–Trinajstić information content (AvgIpc) is 2.83. The van der Waals surface area contributed by atoms with Crippen molar-refractivity contribution in [2.75, 3.05) is 13.1 Å². The molecule has 100 valence electrons. The largest absolute Gasteiger partial charge is 0.372 e. The Balaban J connectivity index is 1.90. The first-order chi connectivity index (χ1) is 8.46. The fourth-order valence-corrected chi connectivity index (χ4v) is 6.41. The summed E-state index contributed by atoms with van der Waals surface area (Å²) in [6.07, 6.45) is 2.01. The molecule has 0 radical (unpaired) electrons. The molecular weight excluding hydrogens is 362 g/mol. The monoisotopic (exact) mass is 371 g/mol. The molecule has 0 amide bonds. The van der Waals surface area contributed by atoms with E-state index in [9.17, 15) is 8.42 Å². The zero-order chi connectivity index (χ0) is 12.9. The number of morpholine rings is 1. The molecule has 0 spiro atoms. The van der Waals surface area contributed by atoms with Gasteiger partial charge in [0.25, 0.3) is 10.0 Å². The number of thiophene rings is 1. The first-order valence-corrected chi connectivity index (χ1v) is 9.00. The average molecular weight is 373 g/mol. The van der Waals surface area contributed by atoms with Gasteiger partial charge in [0.05, 0.1) is 21.0 Å². The molecule has 3 rings (SSSR count). The number of sulfonamides is 1. The van der Waals surface area contributed by atoms with Crippen molar-refractivity contribution in [2.24, 2.45) is 0 Å². The SMILES string of the molecule is O=S(=O)(c1cc(Cl)c(Br)s1)N1CC2CCC(C1)O2. The highest BCUT2D eigenvalue weighted by Crippen LogP contribution is 2.37. The molecular formula is C10H11BrClNO3S2. The summed E-state index contributed by atoms with van der Waals surface area (Å²) in [6, 6.07) is 1.50. The Morgan fingerprint density at radius 2 is 2.00 bits per heavy atom. The van der Waals surface area contributed by atoms with Crippen molar-refractivity contribution in [3.63, 3.8) is 0 Å². The van der Waals surface area contributed by atoms with Gasteiger partial charge in [-0.1, -0.05) is 11.6 Å². The van der Waals surface area contributed by atoms with E-state index in [-0.39, 0.29) is 12.2 Å². The van der Waals surface area contributed by atoms with Crippen molar-refractivity contribution in [1.29, 1.82) is 0 Å². The molecule has 0 aromatic carbocycles. The lowest BCUT2D eigenvalue weighted by Gasteiger charge is -2.30. The third-order valence-corrected chi connectivity index (χ3v) is 7.98. The molecule has 4 nitrogen and oxygen atoms in total. The molecule has 2 fully saturated rings. The van der Waals surface area contributed by atoms with Crippen LogP contribution in [0.5, 0.6) is 0 Å². The van der Waals surface area contributed by atoms with Crippen molar-refractivity contribution in [3.05, 3.63) is 14.9 Å². The minimum atomic E-state index is -3.43. The second-order valence-corrected chi connectivity index (χ2v) is 9.41. The lowest BCUT2D eigenvalue weighted by molar-refractivity contribution is -0.0114. The Morgan fingerprint density at radius 3 is 2.50 bits per heavy atom. The van der Waals surface area contributed by atoms with Crippen LogP contribution in [0.4, 0.5) is 0 Å². The van der Waals surface area contributed by atoms with Crippen LogP contribution in [0.15, 0.2) is 14.1 Å². The third-order valence-electron chi connectivity index (χ3n) is 3.23. The van der Waals surface area contributed by atoms with Crippen molar-refractivity contribution < 1.29 is 13.2 Å². The van der Waals surface area contributed by atoms with Crippen molar-refractivity contribution >= 4 is 48.9 Å². The molecule has 2 aliphatic rings. The second kappa shape index (κ2) is 4.71. The van der Waals surface area contributed by atoms with Gasteiger partial charge in [-0.2, -0.15) is 4.31 Å². The minimum Gasteiger partial charge on any atom is -0.372 e. The molecule has 1 aromatic rings. The van der Waals surface area contributed by atoms with Crippen LogP contribution < -0.4 is 0 Å². The van der Waals surface area contributed by atoms with E-state index in [1.807, 2.05) is 0 Å². The number of ether oxygens (including phenoxy) is 1. The summed E-state index contributed by atoms with van der Waals surface area (Å²) in [4.78, 5) is 0. The van der Waals surface area contributed by atoms with Gasteiger partial charge in [0.15, 0.2) is 0 Å². The molecule has 18 heavy (non-hydrogen) atoms. The molecule has 2 bridgehead atoms. The van der Waals surface area contributed by atoms with Gasteiger partial charge in [-0.15, -0.1) is 11.3 Å². The van der Waals surface area contributed by atoms with Crippen LogP contribution in [0.25, 0.3) is 0 Å². The molecule has 0 aliphatic carbocycles. The predicted octanol–water partition coefficient (Wildman–Crippen LogP) is 2.72. The van der Waals surface area contributed by atoms with Crippen molar-refractivity contribution in [1.82, 2.24) is 4.31 Å². The predicted molar refractivity (Wildman–Crippen MR) is 73.7 cm³/mol. The quantitative estimate of drug-likeness (QED) is 0.802. The first kappa shape index (κ1) is 13.3. The highest BCUT2D eigenvalue weighted by molar-refractivity contribution is 9.11. The maximum absolute atomic E-state index is 12.5. The van der Waals surface area contributed by atoms with Gasteiger partial charge in [0.2, 0.25) is 0 Å². The maximum Gasteiger partial charge on any atom is 0.252 e. The van der Waals surface area contributed by atoms with Crippen LogP contribution in [-0.2, 0) is 14.8 Å². The first-order valence-electron chi connectivity index (χ1n) is 5.57. The summed E-state index contributed by atoms with van der Waals surface area (Å²) >= 11 is 10.3. The molecule has 0 saturated carbocycles. The Morgan fingerprint density at radius 1 is 1.39 bits per heavy atom. The fraction of sp³-hybridized carbons (Fsp3) is 0.600. The van der Waals surface area contributed by atoms with Crippen molar-refractivity contribution in [3.8, 4) is 0 Å². The fourth-order valence-electron chi connectivity index (χ4n) is 2.35. The highest BCUT2D eigenvalue weighted by atomic mass is 79.9. The van der Waals surface area contributed by atoms with Gasteiger partial charge in [-0.25, -0.2) is 8.42 Å². The summed E-state index contributed by atoms with van der Waals surface area (Å²) in [5.41, 5.74) is 0. The standard InChI is InChI=1S/C10H11BrClNO3S2/c11-10-8(12)3-9(17-10)18(14,15)13-4-6-1-2-7(5-13)16-6/h3,6-7H,1-2,4-5H2. The molecule has 1 aromatic heterocycles. The van der Waals surface area contributed by atoms with Crippen molar-refractivity contribution in [2.45, 2.75) is 29.3 Å². The van der Waals surface area contributed by atoms with Crippen LogP contribution in [0.3, 0.4) is 0 Å². The van der Waals surface area contributed by atoms with Gasteiger partial charge < -0.3 is 4.74 Å². The van der Waals surface area contributed by atoms with Crippen LogP contribution >= 0.6 is 38.9 Å². The van der Waals surface area contributed by atoms with E-state index in [0.717, 1.165) is 24.2 Å². The van der Waals surface area contributed by atoms with Crippen LogP contribution in [-0.4, -0.2) is 38.0 Å². The molecule has 2 saturated heterocycles. The van der Waals surface area contributed by atoms with Gasteiger partial charge in [0.1, 0.15) is 4.21 Å². The maximum atomic E-state index is 12.5. The number of hydrogen-bond donors (Lipinski definition) is 0. The zero-order valence-corrected chi connectivity index (χ0v) is 13.3. The number of rotatable bonds is 2. The lowest BCUT2D eigenvalue weighted by Crippen LogP contribution is -2.45. The molecule has 3 heterocycles. The summed E-state index contributed by atoms with van der Waals surface area (Å²) < 4.78 is 33.1. The Bertz CT molecular complexity index is 542. The highest BCUT2D eigenvalue weighted by Gasteiger charge is 2.40. The summed E-state index contributed by atoms with van der Waals surface area (Å²) in [5.74, 6) is 0. The topological polar surface area (TPSA) is 46.6 Å². The van der Waals surface area contributed by atoms with Gasteiger partial charge >= 0.3 is 0 Å². The van der Waals surface area contributed by atoms with E-state index < -0.39 is 10.0 Å². The van der Waals surface area contributed by atoms with E-state index in [2.05, 4.69) is 15.9 Å². The normalized spacial score (nSPS) is 28.8. The molecule has 8 heteroatoms. The summed E-state index contributed by atoms with van der Waals surface area (Å²) in [6.45, 7) is 0.901. The van der Waals surface area contributed by atoms with Gasteiger partial charge in [-0.05, 0) is 34.8 Å². The number of halogens is 2.